The predicted octanol–water partition coefficient (Wildman–Crippen LogP) is -3.19. The van der Waals surface area contributed by atoms with Crippen molar-refractivity contribution in [3.8, 4) is 5.69 Å². The molecule has 0 radical (unpaired) electrons. The lowest BCUT2D eigenvalue weighted by molar-refractivity contribution is -0.719. The number of nitrogens with zero attached hydrogens (tertiary/aromatic N) is 6. The second-order valence-corrected chi connectivity index (χ2v) is 3.35. The first-order valence-corrected chi connectivity index (χ1v) is 4.82. The molecule has 13 nitrogen and oxygen atoms in total. The second-order valence-electron chi connectivity index (χ2n) is 3.35. The van der Waals surface area contributed by atoms with Crippen LogP contribution in [0.3, 0.4) is 0 Å². The Kier molecular flexibility index (Phi) is 4.39. The Labute approximate surface area is 120 Å². The van der Waals surface area contributed by atoms with Crippen molar-refractivity contribution in [2.75, 3.05) is 0 Å². The highest BCUT2D eigenvalue weighted by atomic mass is 35.5. The highest BCUT2D eigenvalue weighted by Gasteiger charge is 2.41. The largest absolute Gasteiger partial charge is 1.00 e. The van der Waals surface area contributed by atoms with E-state index >= 15 is 0 Å². The molecule has 0 fully saturated rings. The Morgan fingerprint density at radius 1 is 1.00 bits per heavy atom. The third-order valence-corrected chi connectivity index (χ3v) is 2.28. The van der Waals surface area contributed by atoms with E-state index in [1.807, 2.05) is 0 Å². The van der Waals surface area contributed by atoms with Crippen LogP contribution in [0.25, 0.3) is 5.69 Å². The lowest BCUT2D eigenvalue weighted by atomic mass is 10.2. The van der Waals surface area contributed by atoms with Crippen LogP contribution in [0.1, 0.15) is 0 Å². The van der Waals surface area contributed by atoms with Gasteiger partial charge in [0.05, 0.1) is 19.9 Å². The standard InChI is InChI=1S/C7H3N7O6.ClH/c15-12(16)5-2-1-4(11-9-3-8-10-11)6(13(17)18)7(5)14(19)20;/h1-3H;1H. The Bertz CT molecular complexity index is 717. The molecular weight excluding hydrogens is 314 g/mol. The molecular formula is C7H4ClN7O6. The van der Waals surface area contributed by atoms with Crippen LogP contribution in [0.4, 0.5) is 17.1 Å². The smallest absolute Gasteiger partial charge is 0.427 e. The summed E-state index contributed by atoms with van der Waals surface area (Å²) in [4.78, 5) is 30.1. The lowest BCUT2D eigenvalue weighted by Gasteiger charge is -1.98. The van der Waals surface area contributed by atoms with E-state index in [1.165, 1.54) is 0 Å². The van der Waals surface area contributed by atoms with Crippen molar-refractivity contribution in [1.82, 2.24) is 15.4 Å². The van der Waals surface area contributed by atoms with Gasteiger partial charge in [-0.15, -0.1) is 0 Å². The van der Waals surface area contributed by atoms with Crippen molar-refractivity contribution in [3.63, 3.8) is 0 Å². The highest BCUT2D eigenvalue weighted by Crippen LogP contribution is 2.38. The quantitative estimate of drug-likeness (QED) is 0.348. The molecule has 0 saturated carbocycles. The Morgan fingerprint density at radius 2 is 1.62 bits per heavy atom. The Hall–Kier alpha value is -3.22. The van der Waals surface area contributed by atoms with Gasteiger partial charge in [-0.1, -0.05) is 0 Å². The van der Waals surface area contributed by atoms with Crippen LogP contribution in [0.5, 0.6) is 0 Å². The summed E-state index contributed by atoms with van der Waals surface area (Å²) in [5.41, 5.74) is -3.59. The maximum absolute atomic E-state index is 11.0. The summed E-state index contributed by atoms with van der Waals surface area (Å²) in [5.74, 6) is 0. The molecule has 14 heteroatoms. The van der Waals surface area contributed by atoms with Crippen LogP contribution in [0.2, 0.25) is 0 Å². The monoisotopic (exact) mass is 317 g/mol. The Balaban J connectivity index is 0.00000220. The molecule has 1 aromatic carbocycles. The molecule has 110 valence electrons. The summed E-state index contributed by atoms with van der Waals surface area (Å²) in [6.07, 6.45) is 1.08. The number of nitro benzene ring substituents is 3. The summed E-state index contributed by atoms with van der Waals surface area (Å²) in [6, 6.07) is 1.75. The van der Waals surface area contributed by atoms with Gasteiger partial charge in [-0.25, -0.2) is 0 Å². The fourth-order valence-electron chi connectivity index (χ4n) is 1.54. The second kappa shape index (κ2) is 5.83. The number of aromatic nitrogens is 4. The molecule has 1 N–H and O–H groups in total. The van der Waals surface area contributed by atoms with Gasteiger partial charge >= 0.3 is 17.1 Å². The average molecular weight is 318 g/mol. The molecule has 1 aromatic heterocycles. The van der Waals surface area contributed by atoms with E-state index < -0.39 is 31.8 Å². The van der Waals surface area contributed by atoms with Gasteiger partial charge in [0.1, 0.15) is 0 Å². The molecule has 0 aliphatic carbocycles. The number of rotatable bonds is 4. The Morgan fingerprint density at radius 3 is 2.05 bits per heavy atom. The number of tetrazole rings is 1. The molecule has 0 unspecified atom stereocenters. The molecule has 0 aliphatic rings. The minimum Gasteiger partial charge on any atom is -1.00 e. The van der Waals surface area contributed by atoms with Crippen LogP contribution >= 0.6 is 0 Å². The van der Waals surface area contributed by atoms with E-state index in [1.54, 1.807) is 0 Å². The van der Waals surface area contributed by atoms with Gasteiger partial charge in [-0.05, 0) is 4.80 Å². The minimum atomic E-state index is -1.22. The summed E-state index contributed by atoms with van der Waals surface area (Å²) in [7, 11) is 0. The van der Waals surface area contributed by atoms with Crippen molar-refractivity contribution < 1.29 is 32.0 Å². The zero-order chi connectivity index (χ0) is 14.9. The van der Waals surface area contributed by atoms with Gasteiger partial charge in [-0.3, -0.25) is 30.3 Å². The van der Waals surface area contributed by atoms with Crippen molar-refractivity contribution >= 4 is 17.1 Å². The molecule has 2 aromatic rings. The molecule has 0 spiro atoms. The molecule has 1 heterocycles. The molecule has 0 bridgehead atoms. The number of aromatic amines is 1. The summed E-state index contributed by atoms with van der Waals surface area (Å²) in [5, 5.41) is 41.8. The predicted molar refractivity (Wildman–Crippen MR) is 57.9 cm³/mol. The number of nitrogens with one attached hydrogen (secondary N) is 1. The SMILES string of the molecule is O=[N+]([O-])c1ccc(-[n+]2nnc[nH]2)c([N+](=O)[O-])c1[N+](=O)[O-].[Cl-]. The summed E-state index contributed by atoms with van der Waals surface area (Å²) in [6.45, 7) is 0. The van der Waals surface area contributed by atoms with Crippen LogP contribution in [0, 0.1) is 30.3 Å². The zero-order valence-electron chi connectivity index (χ0n) is 9.74. The average Bonchev–Trinajstić information content (AvgIpc) is 2.90. The first-order valence-electron chi connectivity index (χ1n) is 4.82. The van der Waals surface area contributed by atoms with E-state index in [4.69, 9.17) is 0 Å². The summed E-state index contributed by atoms with van der Waals surface area (Å²) < 4.78 is 0. The fraction of sp³-hybridized carbons (Fsp3) is 0. The van der Waals surface area contributed by atoms with E-state index in [0.717, 1.165) is 23.3 Å². The number of halogens is 1. The zero-order valence-corrected chi connectivity index (χ0v) is 10.5. The molecule has 0 atom stereocenters. The third kappa shape index (κ3) is 2.71. The molecule has 0 amide bonds. The number of H-pyrrole nitrogens is 1. The van der Waals surface area contributed by atoms with Crippen molar-refractivity contribution in [2.45, 2.75) is 0 Å². The molecule has 0 aliphatic heterocycles. The summed E-state index contributed by atoms with van der Waals surface area (Å²) >= 11 is 0. The van der Waals surface area contributed by atoms with Crippen LogP contribution < -0.4 is 17.2 Å². The number of nitro groups is 3. The van der Waals surface area contributed by atoms with E-state index in [2.05, 4.69) is 15.4 Å². The van der Waals surface area contributed by atoms with Crippen molar-refractivity contribution in [3.05, 3.63) is 48.8 Å². The number of hydrogen-bond donors (Lipinski definition) is 1. The lowest BCUT2D eigenvalue weighted by Crippen LogP contribution is -3.00. The van der Waals surface area contributed by atoms with Gasteiger partial charge in [0.25, 0.3) is 12.0 Å². The maximum Gasteiger partial charge on any atom is 0.427 e. The van der Waals surface area contributed by atoms with Crippen molar-refractivity contribution in [2.24, 2.45) is 0 Å². The highest BCUT2D eigenvalue weighted by molar-refractivity contribution is 5.71. The number of hydrogen-bond acceptors (Lipinski definition) is 8. The fourth-order valence-corrected chi connectivity index (χ4v) is 1.54. The topological polar surface area (TPSA) is 175 Å². The van der Waals surface area contributed by atoms with Gasteiger partial charge < -0.3 is 12.4 Å². The van der Waals surface area contributed by atoms with E-state index in [9.17, 15) is 30.3 Å². The minimum absolute atomic E-state index is 0. The van der Waals surface area contributed by atoms with Crippen LogP contribution in [0.15, 0.2) is 18.5 Å². The first-order chi connectivity index (χ1) is 9.43. The first kappa shape index (κ1) is 15.8. The van der Waals surface area contributed by atoms with Gasteiger partial charge in [0.15, 0.2) is 5.21 Å². The van der Waals surface area contributed by atoms with Gasteiger partial charge in [0, 0.05) is 12.1 Å². The third-order valence-electron chi connectivity index (χ3n) is 2.28. The van der Waals surface area contributed by atoms with E-state index in [-0.39, 0.29) is 18.1 Å². The van der Waals surface area contributed by atoms with Crippen molar-refractivity contribution in [1.29, 1.82) is 0 Å². The van der Waals surface area contributed by atoms with Gasteiger partial charge in [0.2, 0.25) is 0 Å². The maximum atomic E-state index is 11.0. The van der Waals surface area contributed by atoms with Crippen LogP contribution in [-0.4, -0.2) is 30.2 Å². The van der Waals surface area contributed by atoms with E-state index in [0.29, 0.717) is 0 Å². The molecule has 2 rings (SSSR count). The van der Waals surface area contributed by atoms with Gasteiger partial charge in [-0.2, -0.15) is 5.10 Å². The molecule has 21 heavy (non-hydrogen) atoms. The number of benzene rings is 1. The normalized spacial score (nSPS) is 9.71. The molecule has 0 saturated heterocycles. The van der Waals surface area contributed by atoms with Crippen LogP contribution in [-0.2, 0) is 0 Å².